The summed E-state index contributed by atoms with van der Waals surface area (Å²) in [6.07, 6.45) is 1.30. The third-order valence-electron chi connectivity index (χ3n) is 1.89. The lowest BCUT2D eigenvalue weighted by Gasteiger charge is -1.91. The van der Waals surface area contributed by atoms with Crippen LogP contribution in [0, 0.1) is 5.41 Å². The molecular formula is C10H9NOS. The third-order valence-corrected chi connectivity index (χ3v) is 1.89. The molecule has 1 aliphatic rings. The molecule has 0 saturated heterocycles. The molecular weight excluding hydrogens is 182 g/mol. The fourth-order valence-corrected chi connectivity index (χ4v) is 1.39. The number of isothiocyanates is 1. The average Bonchev–Trinajstić information content (AvgIpc) is 2.45. The van der Waals surface area contributed by atoms with Crippen LogP contribution in [-0.4, -0.2) is 10.9 Å². The van der Waals surface area contributed by atoms with Gasteiger partial charge < -0.3 is 0 Å². The zero-order valence-electron chi connectivity index (χ0n) is 7.04. The topological polar surface area (TPSA) is 40.9 Å². The molecule has 3 heteroatoms. The van der Waals surface area contributed by atoms with Crippen molar-refractivity contribution in [2.24, 2.45) is 0 Å². The fraction of sp³-hybridized carbons (Fsp3) is 0.200. The van der Waals surface area contributed by atoms with Crippen molar-refractivity contribution in [1.29, 1.82) is 5.41 Å². The molecule has 2 rings (SSSR count). The molecule has 0 bridgehead atoms. The van der Waals surface area contributed by atoms with Gasteiger partial charge in [0, 0.05) is 12.8 Å². The summed E-state index contributed by atoms with van der Waals surface area (Å²) in [6.45, 7) is 0. The van der Waals surface area contributed by atoms with Crippen LogP contribution in [-0.2, 0) is 17.6 Å². The molecule has 0 aromatic heterocycles. The summed E-state index contributed by atoms with van der Waals surface area (Å²) in [7, 11) is 0. The molecule has 0 unspecified atom stereocenters. The van der Waals surface area contributed by atoms with E-state index >= 15 is 0 Å². The Labute approximate surface area is 82.1 Å². The maximum Gasteiger partial charge on any atom is 0.141 e. The number of hydrogen-bond donors (Lipinski definition) is 1. The van der Waals surface area contributed by atoms with Crippen molar-refractivity contribution in [3.05, 3.63) is 35.4 Å². The van der Waals surface area contributed by atoms with Crippen molar-refractivity contribution in [3.63, 3.8) is 0 Å². The van der Waals surface area contributed by atoms with E-state index in [9.17, 15) is 4.79 Å². The van der Waals surface area contributed by atoms with Crippen LogP contribution < -0.4 is 0 Å². The van der Waals surface area contributed by atoms with Crippen molar-refractivity contribution in [3.8, 4) is 0 Å². The Morgan fingerprint density at radius 3 is 2.00 bits per heavy atom. The predicted molar refractivity (Wildman–Crippen MR) is 54.2 cm³/mol. The van der Waals surface area contributed by atoms with Gasteiger partial charge in [0.15, 0.2) is 0 Å². The van der Waals surface area contributed by atoms with Gasteiger partial charge in [0.05, 0.1) is 5.16 Å². The van der Waals surface area contributed by atoms with E-state index in [0.29, 0.717) is 18.6 Å². The molecule has 0 spiro atoms. The van der Waals surface area contributed by atoms with Crippen LogP contribution in [0.2, 0.25) is 0 Å². The van der Waals surface area contributed by atoms with Crippen LogP contribution in [0.3, 0.4) is 0 Å². The van der Waals surface area contributed by atoms with E-state index in [1.165, 1.54) is 11.1 Å². The predicted octanol–water partition coefficient (Wildman–Crippen LogP) is 2.02. The van der Waals surface area contributed by atoms with Crippen molar-refractivity contribution in [2.75, 3.05) is 0 Å². The molecule has 0 fully saturated rings. The summed E-state index contributed by atoms with van der Waals surface area (Å²) in [5.74, 6) is 0.348. The first-order valence-corrected chi connectivity index (χ1v) is 4.31. The zero-order chi connectivity index (χ0) is 9.68. The number of rotatable bonds is 0. The van der Waals surface area contributed by atoms with Gasteiger partial charge in [0.1, 0.15) is 5.78 Å². The minimum Gasteiger partial charge on any atom is -0.299 e. The largest absolute Gasteiger partial charge is 0.299 e. The normalized spacial score (nSPS) is 12.5. The number of hydrogen-bond acceptors (Lipinski definition) is 3. The van der Waals surface area contributed by atoms with Crippen molar-refractivity contribution < 1.29 is 4.79 Å². The second-order valence-corrected chi connectivity index (χ2v) is 2.97. The third kappa shape index (κ3) is 2.58. The molecule has 0 atom stereocenters. The highest BCUT2D eigenvalue weighted by molar-refractivity contribution is 7.78. The fourth-order valence-electron chi connectivity index (χ4n) is 1.39. The van der Waals surface area contributed by atoms with E-state index in [1.807, 2.05) is 24.3 Å². The number of ketones is 1. The van der Waals surface area contributed by atoms with Gasteiger partial charge in [-0.3, -0.25) is 4.79 Å². The van der Waals surface area contributed by atoms with Crippen LogP contribution in [0.4, 0.5) is 0 Å². The van der Waals surface area contributed by atoms with E-state index in [2.05, 4.69) is 12.2 Å². The lowest BCUT2D eigenvalue weighted by atomic mass is 10.1. The number of carbonyl (C=O) groups is 1. The minimum atomic E-state index is 0.348. The van der Waals surface area contributed by atoms with Gasteiger partial charge in [-0.2, -0.15) is 0 Å². The molecule has 0 heterocycles. The van der Waals surface area contributed by atoms with E-state index in [1.54, 1.807) is 5.16 Å². The van der Waals surface area contributed by atoms with E-state index in [0.717, 1.165) is 0 Å². The first kappa shape index (κ1) is 9.78. The lowest BCUT2D eigenvalue weighted by Crippen LogP contribution is -1.92. The Morgan fingerprint density at radius 1 is 1.23 bits per heavy atom. The first-order chi connectivity index (χ1) is 6.27. The Morgan fingerprint density at radius 2 is 1.62 bits per heavy atom. The highest BCUT2D eigenvalue weighted by Crippen LogP contribution is 2.17. The maximum absolute atomic E-state index is 10.9. The monoisotopic (exact) mass is 191 g/mol. The summed E-state index contributed by atoms with van der Waals surface area (Å²) in [4.78, 5) is 10.9. The van der Waals surface area contributed by atoms with Crippen LogP contribution in [0.1, 0.15) is 11.1 Å². The van der Waals surface area contributed by atoms with Gasteiger partial charge in [-0.1, -0.05) is 24.3 Å². The molecule has 1 aromatic carbocycles. The molecule has 0 radical (unpaired) electrons. The summed E-state index contributed by atoms with van der Waals surface area (Å²) < 4.78 is 0. The smallest absolute Gasteiger partial charge is 0.141 e. The number of fused-ring (bicyclic) bond motifs is 1. The highest BCUT2D eigenvalue weighted by atomic mass is 32.1. The molecule has 1 aliphatic carbocycles. The first-order valence-electron chi connectivity index (χ1n) is 3.90. The van der Waals surface area contributed by atoms with Crippen LogP contribution >= 0.6 is 12.2 Å². The summed E-state index contributed by atoms with van der Waals surface area (Å²) in [5.41, 5.74) is 2.43. The maximum atomic E-state index is 10.9. The Bertz CT molecular complexity index is 327. The SMILES string of the molecule is N=C=S.O=C1Cc2ccccc2C1. The molecule has 0 amide bonds. The van der Waals surface area contributed by atoms with E-state index in [-0.39, 0.29) is 0 Å². The van der Waals surface area contributed by atoms with Gasteiger partial charge in [-0.25, -0.2) is 5.41 Å². The highest BCUT2D eigenvalue weighted by Gasteiger charge is 2.16. The number of Topliss-reactive ketones (excluding diaryl/α,β-unsaturated/α-hetero) is 1. The van der Waals surface area contributed by atoms with Gasteiger partial charge in [-0.15, -0.1) is 0 Å². The van der Waals surface area contributed by atoms with Gasteiger partial charge in [-0.05, 0) is 23.3 Å². The minimum absolute atomic E-state index is 0.348. The Kier molecular flexibility index (Phi) is 3.50. The van der Waals surface area contributed by atoms with Gasteiger partial charge >= 0.3 is 0 Å². The number of nitrogens with one attached hydrogen (secondary N) is 1. The number of thiocarbonyl (C=S) groups is 1. The van der Waals surface area contributed by atoms with E-state index in [4.69, 9.17) is 5.41 Å². The number of benzene rings is 1. The number of carbonyl (C=O) groups excluding carboxylic acids is 1. The van der Waals surface area contributed by atoms with Crippen LogP contribution in [0.5, 0.6) is 0 Å². The van der Waals surface area contributed by atoms with Crippen molar-refractivity contribution in [1.82, 2.24) is 0 Å². The molecule has 2 nitrogen and oxygen atoms in total. The molecule has 1 N–H and O–H groups in total. The van der Waals surface area contributed by atoms with Gasteiger partial charge in [0.25, 0.3) is 0 Å². The summed E-state index contributed by atoms with van der Waals surface area (Å²) in [5, 5.41) is 7.36. The summed E-state index contributed by atoms with van der Waals surface area (Å²) >= 11 is 3.81. The quantitative estimate of drug-likeness (QED) is 0.503. The molecule has 66 valence electrons. The van der Waals surface area contributed by atoms with Crippen molar-refractivity contribution >= 4 is 23.2 Å². The van der Waals surface area contributed by atoms with Crippen LogP contribution in [0.15, 0.2) is 24.3 Å². The molecule has 0 saturated carbocycles. The summed E-state index contributed by atoms with van der Waals surface area (Å²) in [6, 6.07) is 8.02. The zero-order valence-corrected chi connectivity index (χ0v) is 7.86. The average molecular weight is 191 g/mol. The van der Waals surface area contributed by atoms with Crippen LogP contribution in [0.25, 0.3) is 0 Å². The van der Waals surface area contributed by atoms with E-state index < -0.39 is 0 Å². The second kappa shape index (κ2) is 4.65. The molecule has 13 heavy (non-hydrogen) atoms. The standard InChI is InChI=1S/C9H8O.CHNS/c10-9-5-7-3-1-2-4-8(7)6-9;2-1-3/h1-4H,5-6H2;2H. The molecule has 1 aromatic rings. The lowest BCUT2D eigenvalue weighted by molar-refractivity contribution is -0.117. The Hall–Kier alpha value is -1.31. The Balaban J connectivity index is 0.000000251. The van der Waals surface area contributed by atoms with Gasteiger partial charge in [0.2, 0.25) is 0 Å². The van der Waals surface area contributed by atoms with Crippen molar-refractivity contribution in [2.45, 2.75) is 12.8 Å². The second-order valence-electron chi connectivity index (χ2n) is 2.76. The molecule has 0 aliphatic heterocycles.